The van der Waals surface area contributed by atoms with E-state index >= 15 is 0 Å². The van der Waals surface area contributed by atoms with E-state index < -0.39 is 53.3 Å². The van der Waals surface area contributed by atoms with E-state index in [0.29, 0.717) is 10.8 Å². The number of nitrogens with zero attached hydrogens (tertiary/aromatic N) is 2. The van der Waals surface area contributed by atoms with E-state index in [2.05, 4.69) is 4.84 Å². The van der Waals surface area contributed by atoms with Crippen LogP contribution in [0.2, 0.25) is 0 Å². The average molecular weight is 307 g/mol. The minimum atomic E-state index is -1.67. The van der Waals surface area contributed by atoms with Crippen molar-refractivity contribution in [2.24, 2.45) is 0 Å². The minimum absolute atomic E-state index is 0.499. The summed E-state index contributed by atoms with van der Waals surface area (Å²) in [6.45, 7) is -0.692. The van der Waals surface area contributed by atoms with Gasteiger partial charge in [-0.2, -0.15) is 4.39 Å². The van der Waals surface area contributed by atoms with Gasteiger partial charge in [-0.1, -0.05) is 0 Å². The third-order valence-corrected chi connectivity index (χ3v) is 2.88. The maximum absolute atomic E-state index is 13.2. The van der Waals surface area contributed by atoms with E-state index in [9.17, 15) is 34.3 Å². The highest BCUT2D eigenvalue weighted by atomic mass is 19.1. The second-order valence-electron chi connectivity index (χ2n) is 4.21. The molecule has 21 heavy (non-hydrogen) atoms. The highest BCUT2D eigenvalue weighted by Crippen LogP contribution is 2.28. The highest BCUT2D eigenvalue weighted by Gasteiger charge is 2.44. The molecular formula is C9H10FN3O8. The van der Waals surface area contributed by atoms with Crippen molar-refractivity contribution in [3.63, 3.8) is 0 Å². The number of ether oxygens (including phenoxy) is 1. The topological polar surface area (TPSA) is 157 Å². The van der Waals surface area contributed by atoms with E-state index in [-0.39, 0.29) is 0 Å². The number of aliphatic hydroxyl groups excluding tert-OH is 2. The molecule has 0 aromatic carbocycles. The number of halogens is 1. The summed E-state index contributed by atoms with van der Waals surface area (Å²) in [5.41, 5.74) is -2.33. The summed E-state index contributed by atoms with van der Waals surface area (Å²) < 4.78 is 18.7. The molecule has 0 saturated carbocycles. The van der Waals surface area contributed by atoms with Gasteiger partial charge >= 0.3 is 5.69 Å². The first-order chi connectivity index (χ1) is 9.81. The molecule has 0 unspecified atom stereocenters. The Morgan fingerprint density at radius 1 is 1.48 bits per heavy atom. The standard InChI is InChI=1S/C9H10FN3O8/c10-3-1-12(9(17)11-7(3)16)8-6(15)5(14)4(21-8)2-20-13(18)19/h1,4-6,8,14-15H,2H2,(H,11,16,17)/t4-,5-,6-,8-/m1/s1. The Balaban J connectivity index is 2.25. The van der Waals surface area contributed by atoms with Gasteiger partial charge in [-0.25, -0.2) is 4.79 Å². The van der Waals surface area contributed by atoms with Gasteiger partial charge in [-0.15, -0.1) is 10.1 Å². The smallest absolute Gasteiger partial charge is 0.330 e. The van der Waals surface area contributed by atoms with Crippen molar-refractivity contribution in [1.82, 2.24) is 9.55 Å². The number of H-pyrrole nitrogens is 1. The van der Waals surface area contributed by atoms with Gasteiger partial charge in [-0.05, 0) is 0 Å². The predicted molar refractivity (Wildman–Crippen MR) is 60.2 cm³/mol. The molecule has 1 fully saturated rings. The lowest BCUT2D eigenvalue weighted by Gasteiger charge is -2.16. The van der Waals surface area contributed by atoms with Crippen LogP contribution in [0.5, 0.6) is 0 Å². The average Bonchev–Trinajstić information content (AvgIpc) is 2.68. The molecule has 1 aromatic rings. The van der Waals surface area contributed by atoms with Crippen LogP contribution in [0.1, 0.15) is 6.23 Å². The van der Waals surface area contributed by atoms with Crippen LogP contribution in [0, 0.1) is 15.9 Å². The molecule has 0 spiro atoms. The summed E-state index contributed by atoms with van der Waals surface area (Å²) in [7, 11) is 0. The second kappa shape index (κ2) is 5.59. The van der Waals surface area contributed by atoms with Crippen molar-refractivity contribution < 1.29 is 29.3 Å². The quantitative estimate of drug-likeness (QED) is 0.407. The number of hydrogen-bond donors (Lipinski definition) is 3. The number of aromatic nitrogens is 2. The van der Waals surface area contributed by atoms with Gasteiger partial charge in [0.1, 0.15) is 24.9 Å². The van der Waals surface area contributed by atoms with Gasteiger partial charge in [0.15, 0.2) is 6.23 Å². The number of aromatic amines is 1. The van der Waals surface area contributed by atoms with Crippen LogP contribution in [-0.4, -0.2) is 49.8 Å². The van der Waals surface area contributed by atoms with Gasteiger partial charge in [0, 0.05) is 0 Å². The van der Waals surface area contributed by atoms with Crippen LogP contribution in [0.15, 0.2) is 15.8 Å². The zero-order valence-electron chi connectivity index (χ0n) is 10.2. The summed E-state index contributed by atoms with van der Waals surface area (Å²) in [6, 6.07) is 0. The molecule has 0 amide bonds. The SMILES string of the molecule is O=c1[nH]c(=O)n([C@@H]2O[C@H](CO[N+](=O)[O-])[C@@H](O)[C@H]2O)cc1F. The normalized spacial score (nSPS) is 28.5. The highest BCUT2D eigenvalue weighted by molar-refractivity contribution is 4.94. The molecule has 1 aromatic heterocycles. The molecule has 2 heterocycles. The first-order valence-corrected chi connectivity index (χ1v) is 5.61. The van der Waals surface area contributed by atoms with E-state index in [1.54, 1.807) is 4.98 Å². The van der Waals surface area contributed by atoms with Crippen LogP contribution in [0.3, 0.4) is 0 Å². The van der Waals surface area contributed by atoms with Crippen molar-refractivity contribution >= 4 is 0 Å². The first-order valence-electron chi connectivity index (χ1n) is 5.61. The third kappa shape index (κ3) is 2.91. The maximum Gasteiger partial charge on any atom is 0.330 e. The largest absolute Gasteiger partial charge is 0.387 e. The number of hydrogen-bond acceptors (Lipinski definition) is 8. The zero-order chi connectivity index (χ0) is 15.7. The van der Waals surface area contributed by atoms with Crippen molar-refractivity contribution in [2.45, 2.75) is 24.5 Å². The monoisotopic (exact) mass is 307 g/mol. The molecular weight excluding hydrogens is 297 g/mol. The minimum Gasteiger partial charge on any atom is -0.387 e. The van der Waals surface area contributed by atoms with Crippen LogP contribution in [0.4, 0.5) is 4.39 Å². The molecule has 0 radical (unpaired) electrons. The Hall–Kier alpha value is -2.31. The van der Waals surface area contributed by atoms with Crippen LogP contribution < -0.4 is 11.2 Å². The van der Waals surface area contributed by atoms with Gasteiger partial charge in [0.05, 0.1) is 6.20 Å². The fourth-order valence-electron chi connectivity index (χ4n) is 1.88. The van der Waals surface area contributed by atoms with Crippen molar-refractivity contribution in [1.29, 1.82) is 0 Å². The molecule has 12 heteroatoms. The number of rotatable bonds is 4. The van der Waals surface area contributed by atoms with E-state index in [0.717, 1.165) is 0 Å². The maximum atomic E-state index is 13.2. The fraction of sp³-hybridized carbons (Fsp3) is 0.556. The van der Waals surface area contributed by atoms with Crippen LogP contribution in [-0.2, 0) is 9.57 Å². The second-order valence-corrected chi connectivity index (χ2v) is 4.21. The summed E-state index contributed by atoms with van der Waals surface area (Å²) in [4.78, 5) is 38.2. The lowest BCUT2D eigenvalue weighted by molar-refractivity contribution is -0.759. The van der Waals surface area contributed by atoms with Gasteiger partial charge in [0.25, 0.3) is 10.6 Å². The van der Waals surface area contributed by atoms with E-state index in [1.165, 1.54) is 0 Å². The van der Waals surface area contributed by atoms with Crippen molar-refractivity contribution in [2.75, 3.05) is 6.61 Å². The summed E-state index contributed by atoms with van der Waals surface area (Å²) in [6.07, 6.45) is -5.61. The Kier molecular flexibility index (Phi) is 4.02. The third-order valence-electron chi connectivity index (χ3n) is 2.88. The van der Waals surface area contributed by atoms with E-state index in [1.807, 2.05) is 0 Å². The molecule has 1 aliphatic heterocycles. The molecule has 3 N–H and O–H groups in total. The van der Waals surface area contributed by atoms with Gasteiger partial charge < -0.3 is 19.8 Å². The molecule has 0 aliphatic carbocycles. The first kappa shape index (κ1) is 15.1. The Bertz CT molecular complexity index is 657. The zero-order valence-corrected chi connectivity index (χ0v) is 10.2. The Morgan fingerprint density at radius 2 is 2.14 bits per heavy atom. The van der Waals surface area contributed by atoms with Crippen molar-refractivity contribution in [3.05, 3.63) is 43.0 Å². The fourth-order valence-corrected chi connectivity index (χ4v) is 1.88. The van der Waals surface area contributed by atoms with Crippen molar-refractivity contribution in [3.8, 4) is 0 Å². The molecule has 11 nitrogen and oxygen atoms in total. The lowest BCUT2D eigenvalue weighted by atomic mass is 10.1. The lowest BCUT2D eigenvalue weighted by Crippen LogP contribution is -2.38. The Morgan fingerprint density at radius 3 is 2.76 bits per heavy atom. The summed E-state index contributed by atoms with van der Waals surface area (Å²) >= 11 is 0. The molecule has 2 rings (SSSR count). The Labute approximate surface area is 114 Å². The summed E-state index contributed by atoms with van der Waals surface area (Å²) in [5, 5.41) is 28.4. The van der Waals surface area contributed by atoms with E-state index in [4.69, 9.17) is 4.74 Å². The summed E-state index contributed by atoms with van der Waals surface area (Å²) in [5.74, 6) is -1.30. The number of nitrogens with one attached hydrogen (secondary N) is 1. The van der Waals surface area contributed by atoms with Gasteiger partial charge in [0.2, 0.25) is 5.82 Å². The van der Waals surface area contributed by atoms with Gasteiger partial charge in [-0.3, -0.25) is 14.3 Å². The molecule has 0 bridgehead atoms. The molecule has 4 atom stereocenters. The molecule has 116 valence electrons. The van der Waals surface area contributed by atoms with Crippen LogP contribution >= 0.6 is 0 Å². The molecule has 1 saturated heterocycles. The molecule has 1 aliphatic rings. The van der Waals surface area contributed by atoms with Crippen LogP contribution in [0.25, 0.3) is 0 Å². The predicted octanol–water partition coefficient (Wildman–Crippen LogP) is -2.50. The number of aliphatic hydroxyl groups is 2.